The average Bonchev–Trinajstić information content (AvgIpc) is 2.46. The first-order valence-corrected chi connectivity index (χ1v) is 6.88. The van der Waals surface area contributed by atoms with Crippen LogP contribution in [0.1, 0.15) is 46.5 Å². The summed E-state index contributed by atoms with van der Waals surface area (Å²) in [7, 11) is 1.90. The number of hydrogen-bond acceptors (Lipinski definition) is 2. The fourth-order valence-electron chi connectivity index (χ4n) is 3.73. The third kappa shape index (κ3) is 3.01. The third-order valence-corrected chi connectivity index (χ3v) is 4.25. The molecule has 0 radical (unpaired) electrons. The van der Waals surface area contributed by atoms with Crippen LogP contribution in [0.25, 0.3) is 0 Å². The van der Waals surface area contributed by atoms with E-state index in [1.165, 1.54) is 19.3 Å². The summed E-state index contributed by atoms with van der Waals surface area (Å²) in [5, 5.41) is 3.59. The quantitative estimate of drug-likeness (QED) is 0.798. The Labute approximate surface area is 105 Å². The summed E-state index contributed by atoms with van der Waals surface area (Å²) in [6, 6.07) is 0.597. The number of carbonyl (C=O) groups is 1. The van der Waals surface area contributed by atoms with Crippen molar-refractivity contribution in [2.75, 3.05) is 13.6 Å². The van der Waals surface area contributed by atoms with E-state index in [0.29, 0.717) is 11.5 Å². The molecule has 1 N–H and O–H groups in total. The maximum absolute atomic E-state index is 11.9. The van der Waals surface area contributed by atoms with Crippen molar-refractivity contribution in [3.05, 3.63) is 0 Å². The van der Waals surface area contributed by atoms with Crippen molar-refractivity contribution >= 4 is 5.91 Å². The van der Waals surface area contributed by atoms with Crippen LogP contribution in [-0.2, 0) is 4.79 Å². The monoisotopic (exact) mass is 238 g/mol. The number of likely N-dealkylation sites (N-methyl/N-ethyl adjacent to an activating group) is 1. The second-order valence-corrected chi connectivity index (χ2v) is 6.88. The van der Waals surface area contributed by atoms with E-state index in [9.17, 15) is 4.79 Å². The largest absolute Gasteiger partial charge is 0.344 e. The van der Waals surface area contributed by atoms with Gasteiger partial charge in [0.05, 0.1) is 6.04 Å². The lowest BCUT2D eigenvalue weighted by atomic mass is 9.70. The molecule has 0 aromatic heterocycles. The summed E-state index contributed by atoms with van der Waals surface area (Å²) in [6.45, 7) is 7.93. The first-order chi connectivity index (χ1) is 7.87. The lowest BCUT2D eigenvalue weighted by Crippen LogP contribution is -2.47. The molecule has 0 aromatic carbocycles. The van der Waals surface area contributed by atoms with E-state index in [-0.39, 0.29) is 11.9 Å². The number of nitrogens with one attached hydrogen (secondary N) is 1. The Morgan fingerprint density at radius 3 is 2.59 bits per heavy atom. The Morgan fingerprint density at radius 1 is 1.35 bits per heavy atom. The highest BCUT2D eigenvalue weighted by Gasteiger charge is 2.36. The van der Waals surface area contributed by atoms with Crippen molar-refractivity contribution in [2.45, 2.75) is 58.5 Å². The highest BCUT2D eigenvalue weighted by molar-refractivity contribution is 5.83. The SMILES string of the molecule is CC1CC(NC2CCN(C)C2=O)CC(C)(C)C1. The maximum atomic E-state index is 11.9. The minimum atomic E-state index is 0.0751. The molecule has 0 spiro atoms. The van der Waals surface area contributed by atoms with Gasteiger partial charge in [-0.3, -0.25) is 4.79 Å². The molecule has 1 saturated heterocycles. The molecule has 1 saturated carbocycles. The standard InChI is InChI=1S/C14H26N2O/c1-10-7-11(9-14(2,3)8-10)15-12-5-6-16(4)13(12)17/h10-12,15H,5-9H2,1-4H3. The zero-order valence-electron chi connectivity index (χ0n) is 11.6. The van der Waals surface area contributed by atoms with Gasteiger partial charge in [0.15, 0.2) is 0 Å². The van der Waals surface area contributed by atoms with Crippen molar-refractivity contribution < 1.29 is 4.79 Å². The molecule has 1 aliphatic heterocycles. The van der Waals surface area contributed by atoms with Crippen molar-refractivity contribution in [3.63, 3.8) is 0 Å². The molecule has 0 bridgehead atoms. The fourth-order valence-corrected chi connectivity index (χ4v) is 3.73. The molecule has 1 heterocycles. The summed E-state index contributed by atoms with van der Waals surface area (Å²) >= 11 is 0. The Balaban J connectivity index is 1.93. The van der Waals surface area contributed by atoms with Gasteiger partial charge in [-0.1, -0.05) is 20.8 Å². The molecule has 98 valence electrons. The van der Waals surface area contributed by atoms with Crippen molar-refractivity contribution in [1.82, 2.24) is 10.2 Å². The number of amides is 1. The first kappa shape index (κ1) is 12.9. The highest BCUT2D eigenvalue weighted by Crippen LogP contribution is 2.38. The Morgan fingerprint density at radius 2 is 2.06 bits per heavy atom. The van der Waals surface area contributed by atoms with Gasteiger partial charge in [0.1, 0.15) is 0 Å². The number of rotatable bonds is 2. The van der Waals surface area contributed by atoms with Crippen LogP contribution in [0.2, 0.25) is 0 Å². The van der Waals surface area contributed by atoms with Crippen LogP contribution >= 0.6 is 0 Å². The number of nitrogens with zero attached hydrogens (tertiary/aromatic N) is 1. The average molecular weight is 238 g/mol. The zero-order chi connectivity index (χ0) is 12.6. The van der Waals surface area contributed by atoms with Gasteiger partial charge in [0, 0.05) is 19.6 Å². The van der Waals surface area contributed by atoms with Gasteiger partial charge in [-0.2, -0.15) is 0 Å². The molecule has 17 heavy (non-hydrogen) atoms. The summed E-state index contributed by atoms with van der Waals surface area (Å²) in [6.07, 6.45) is 4.70. The lowest BCUT2D eigenvalue weighted by Gasteiger charge is -2.40. The second kappa shape index (κ2) is 4.60. The summed E-state index contributed by atoms with van der Waals surface area (Å²) in [5.74, 6) is 1.05. The molecule has 3 unspecified atom stereocenters. The number of likely N-dealkylation sites (tertiary alicyclic amines) is 1. The molecule has 2 fully saturated rings. The van der Waals surface area contributed by atoms with E-state index >= 15 is 0 Å². The van der Waals surface area contributed by atoms with Crippen molar-refractivity contribution in [2.24, 2.45) is 11.3 Å². The Hall–Kier alpha value is -0.570. The van der Waals surface area contributed by atoms with Crippen LogP contribution in [0.15, 0.2) is 0 Å². The van der Waals surface area contributed by atoms with Gasteiger partial charge in [0.25, 0.3) is 0 Å². The van der Waals surface area contributed by atoms with Gasteiger partial charge in [-0.05, 0) is 37.0 Å². The molecule has 3 nitrogen and oxygen atoms in total. The lowest BCUT2D eigenvalue weighted by molar-refractivity contribution is -0.128. The molecular formula is C14H26N2O. The first-order valence-electron chi connectivity index (χ1n) is 6.88. The van der Waals surface area contributed by atoms with E-state index in [0.717, 1.165) is 18.9 Å². The van der Waals surface area contributed by atoms with Crippen molar-refractivity contribution in [3.8, 4) is 0 Å². The van der Waals surface area contributed by atoms with Gasteiger partial charge >= 0.3 is 0 Å². The maximum Gasteiger partial charge on any atom is 0.239 e. The van der Waals surface area contributed by atoms with Crippen molar-refractivity contribution in [1.29, 1.82) is 0 Å². The van der Waals surface area contributed by atoms with Crippen LogP contribution in [0.5, 0.6) is 0 Å². The van der Waals surface area contributed by atoms with E-state index in [4.69, 9.17) is 0 Å². The van der Waals surface area contributed by atoms with E-state index < -0.39 is 0 Å². The van der Waals surface area contributed by atoms with E-state index in [1.807, 2.05) is 11.9 Å². The molecule has 2 aliphatic rings. The number of hydrogen-bond donors (Lipinski definition) is 1. The minimum Gasteiger partial charge on any atom is -0.344 e. The molecule has 1 aliphatic carbocycles. The van der Waals surface area contributed by atoms with Crippen LogP contribution < -0.4 is 5.32 Å². The second-order valence-electron chi connectivity index (χ2n) is 6.88. The molecular weight excluding hydrogens is 212 g/mol. The Kier molecular flexibility index (Phi) is 3.48. The van der Waals surface area contributed by atoms with Gasteiger partial charge in [-0.25, -0.2) is 0 Å². The predicted molar refractivity (Wildman–Crippen MR) is 69.8 cm³/mol. The molecule has 0 aromatic rings. The summed E-state index contributed by atoms with van der Waals surface area (Å²) in [5.41, 5.74) is 0.420. The minimum absolute atomic E-state index is 0.0751. The van der Waals surface area contributed by atoms with Gasteiger partial charge < -0.3 is 10.2 Å². The zero-order valence-corrected chi connectivity index (χ0v) is 11.6. The normalized spacial score (nSPS) is 37.5. The van der Waals surface area contributed by atoms with Crippen LogP contribution in [0.3, 0.4) is 0 Å². The van der Waals surface area contributed by atoms with Crippen LogP contribution in [0, 0.1) is 11.3 Å². The number of carbonyl (C=O) groups excluding carboxylic acids is 1. The smallest absolute Gasteiger partial charge is 0.239 e. The van der Waals surface area contributed by atoms with E-state index in [2.05, 4.69) is 26.1 Å². The van der Waals surface area contributed by atoms with Gasteiger partial charge in [0.2, 0.25) is 5.91 Å². The third-order valence-electron chi connectivity index (χ3n) is 4.25. The van der Waals surface area contributed by atoms with E-state index in [1.54, 1.807) is 0 Å². The van der Waals surface area contributed by atoms with Gasteiger partial charge in [-0.15, -0.1) is 0 Å². The molecule has 2 rings (SSSR count). The fraction of sp³-hybridized carbons (Fsp3) is 0.929. The Bertz CT molecular complexity index is 301. The van der Waals surface area contributed by atoms with Crippen LogP contribution in [-0.4, -0.2) is 36.5 Å². The van der Waals surface area contributed by atoms with Crippen LogP contribution in [0.4, 0.5) is 0 Å². The molecule has 1 amide bonds. The molecule has 3 atom stereocenters. The summed E-state index contributed by atoms with van der Waals surface area (Å²) < 4.78 is 0. The topological polar surface area (TPSA) is 32.3 Å². The summed E-state index contributed by atoms with van der Waals surface area (Å²) in [4.78, 5) is 13.7. The molecule has 3 heteroatoms. The predicted octanol–water partition coefficient (Wildman–Crippen LogP) is 2.02. The highest BCUT2D eigenvalue weighted by atomic mass is 16.2.